The number of ketones is 1. The highest BCUT2D eigenvalue weighted by molar-refractivity contribution is 6.30. The molecule has 94 valence electrons. The Labute approximate surface area is 101 Å². The van der Waals surface area contributed by atoms with Crippen molar-refractivity contribution in [2.75, 3.05) is 5.88 Å². The number of Topliss-reactive ketones (excluding diaryl/α,β-unsaturated/α-hetero) is 1. The Morgan fingerprint density at radius 1 is 1.41 bits per heavy atom. The lowest BCUT2D eigenvalue weighted by atomic mass is 10.0. The van der Waals surface area contributed by atoms with Crippen LogP contribution < -0.4 is 4.74 Å². The van der Waals surface area contributed by atoms with E-state index in [9.17, 15) is 18.0 Å². The van der Waals surface area contributed by atoms with Crippen molar-refractivity contribution in [2.45, 2.75) is 19.7 Å². The van der Waals surface area contributed by atoms with Gasteiger partial charge >= 0.3 is 6.36 Å². The SMILES string of the molecule is CCc1cc(OC(F)(F)F)ccc1C(=O)CCl. The summed E-state index contributed by atoms with van der Waals surface area (Å²) in [4.78, 5) is 11.4. The zero-order valence-electron chi connectivity index (χ0n) is 8.97. The smallest absolute Gasteiger partial charge is 0.406 e. The van der Waals surface area contributed by atoms with Gasteiger partial charge in [-0.2, -0.15) is 0 Å². The van der Waals surface area contributed by atoms with E-state index in [-0.39, 0.29) is 17.4 Å². The summed E-state index contributed by atoms with van der Waals surface area (Å²) in [5, 5.41) is 0. The maximum atomic E-state index is 12.0. The number of alkyl halides is 4. The van der Waals surface area contributed by atoms with E-state index < -0.39 is 6.36 Å². The third-order valence-electron chi connectivity index (χ3n) is 2.11. The maximum Gasteiger partial charge on any atom is 0.573 e. The normalized spacial score (nSPS) is 11.4. The Morgan fingerprint density at radius 3 is 2.53 bits per heavy atom. The highest BCUT2D eigenvalue weighted by atomic mass is 35.5. The number of carbonyl (C=O) groups excluding carboxylic acids is 1. The number of aryl methyl sites for hydroxylation is 1. The Kier molecular flexibility index (Phi) is 4.40. The average Bonchev–Trinajstić information content (AvgIpc) is 2.25. The van der Waals surface area contributed by atoms with Crippen LogP contribution in [0.1, 0.15) is 22.8 Å². The summed E-state index contributed by atoms with van der Waals surface area (Å²) in [6, 6.07) is 3.60. The van der Waals surface area contributed by atoms with Gasteiger partial charge in [0.2, 0.25) is 0 Å². The topological polar surface area (TPSA) is 26.3 Å². The van der Waals surface area contributed by atoms with E-state index in [0.29, 0.717) is 17.5 Å². The molecule has 0 saturated carbocycles. The van der Waals surface area contributed by atoms with E-state index in [2.05, 4.69) is 4.74 Å². The lowest BCUT2D eigenvalue weighted by molar-refractivity contribution is -0.274. The lowest BCUT2D eigenvalue weighted by Gasteiger charge is -2.11. The van der Waals surface area contributed by atoms with Crippen LogP contribution in [0.25, 0.3) is 0 Å². The largest absolute Gasteiger partial charge is 0.573 e. The predicted octanol–water partition coefficient (Wildman–Crippen LogP) is 3.57. The van der Waals surface area contributed by atoms with Crippen LogP contribution in [0.4, 0.5) is 13.2 Å². The first-order valence-corrected chi connectivity index (χ1v) is 5.38. The molecule has 0 N–H and O–H groups in total. The molecule has 0 aliphatic heterocycles. The van der Waals surface area contributed by atoms with Crippen LogP contribution in [-0.4, -0.2) is 18.0 Å². The van der Waals surface area contributed by atoms with Gasteiger partial charge in [0.05, 0.1) is 5.88 Å². The second kappa shape index (κ2) is 5.40. The minimum absolute atomic E-state index is 0.202. The lowest BCUT2D eigenvalue weighted by Crippen LogP contribution is -2.17. The molecule has 0 aliphatic carbocycles. The fourth-order valence-electron chi connectivity index (χ4n) is 1.40. The van der Waals surface area contributed by atoms with Crippen LogP contribution in [0.3, 0.4) is 0 Å². The Hall–Kier alpha value is -1.23. The number of benzene rings is 1. The number of carbonyl (C=O) groups is 1. The molecule has 0 saturated heterocycles. The van der Waals surface area contributed by atoms with Crippen molar-refractivity contribution in [2.24, 2.45) is 0 Å². The predicted molar refractivity (Wildman–Crippen MR) is 57.6 cm³/mol. The standard InChI is InChI=1S/C11H10ClF3O2/c1-2-7-5-8(17-11(13,14)15)3-4-9(7)10(16)6-12/h3-5H,2,6H2,1H3. The number of ether oxygens (including phenoxy) is 1. The molecule has 1 rings (SSSR count). The Morgan fingerprint density at radius 2 is 2.06 bits per heavy atom. The first kappa shape index (κ1) is 13.8. The Bertz CT molecular complexity index is 416. The first-order chi connectivity index (χ1) is 7.87. The van der Waals surface area contributed by atoms with Gasteiger partial charge < -0.3 is 4.74 Å². The van der Waals surface area contributed by atoms with Gasteiger partial charge in [0, 0.05) is 5.56 Å². The van der Waals surface area contributed by atoms with Gasteiger partial charge in [-0.15, -0.1) is 24.8 Å². The summed E-state index contributed by atoms with van der Waals surface area (Å²) < 4.78 is 39.7. The summed E-state index contributed by atoms with van der Waals surface area (Å²) >= 11 is 5.40. The molecule has 0 aromatic heterocycles. The molecule has 0 radical (unpaired) electrons. The summed E-state index contributed by atoms with van der Waals surface area (Å²) in [5.74, 6) is -0.852. The fraction of sp³-hybridized carbons (Fsp3) is 0.364. The third kappa shape index (κ3) is 3.93. The average molecular weight is 267 g/mol. The van der Waals surface area contributed by atoms with E-state index >= 15 is 0 Å². The van der Waals surface area contributed by atoms with Crippen molar-refractivity contribution in [1.82, 2.24) is 0 Å². The quantitative estimate of drug-likeness (QED) is 0.615. The van der Waals surface area contributed by atoms with Gasteiger partial charge in [0.25, 0.3) is 0 Å². The van der Waals surface area contributed by atoms with Crippen LogP contribution in [0.5, 0.6) is 5.75 Å². The van der Waals surface area contributed by atoms with Gasteiger partial charge in [0.15, 0.2) is 5.78 Å². The van der Waals surface area contributed by atoms with Crippen LogP contribution >= 0.6 is 11.6 Å². The number of hydrogen-bond acceptors (Lipinski definition) is 2. The van der Waals surface area contributed by atoms with Crippen molar-refractivity contribution in [3.05, 3.63) is 29.3 Å². The number of hydrogen-bond donors (Lipinski definition) is 0. The molecule has 0 heterocycles. The van der Waals surface area contributed by atoms with E-state index in [4.69, 9.17) is 11.6 Å². The van der Waals surface area contributed by atoms with Crippen molar-refractivity contribution in [3.8, 4) is 5.75 Å². The van der Waals surface area contributed by atoms with E-state index in [1.54, 1.807) is 6.92 Å². The van der Waals surface area contributed by atoms with Crippen LogP contribution in [0.2, 0.25) is 0 Å². The van der Waals surface area contributed by atoms with Crippen LogP contribution in [-0.2, 0) is 6.42 Å². The molecular formula is C11H10ClF3O2. The highest BCUT2D eigenvalue weighted by Crippen LogP contribution is 2.25. The zero-order chi connectivity index (χ0) is 13.1. The van der Waals surface area contributed by atoms with Gasteiger partial charge in [0.1, 0.15) is 5.75 Å². The molecule has 0 fully saturated rings. The molecule has 1 aromatic rings. The maximum absolute atomic E-state index is 12.0. The monoisotopic (exact) mass is 266 g/mol. The molecule has 6 heteroatoms. The third-order valence-corrected chi connectivity index (χ3v) is 2.36. The first-order valence-electron chi connectivity index (χ1n) is 4.85. The minimum atomic E-state index is -4.73. The van der Waals surface area contributed by atoms with Crippen molar-refractivity contribution in [3.63, 3.8) is 0 Å². The van der Waals surface area contributed by atoms with Crippen LogP contribution in [0, 0.1) is 0 Å². The molecule has 0 unspecified atom stereocenters. The van der Waals surface area contributed by atoms with E-state index in [1.807, 2.05) is 0 Å². The van der Waals surface area contributed by atoms with Crippen molar-refractivity contribution < 1.29 is 22.7 Å². The van der Waals surface area contributed by atoms with E-state index in [0.717, 1.165) is 6.07 Å². The number of halogens is 4. The van der Waals surface area contributed by atoms with Crippen molar-refractivity contribution >= 4 is 17.4 Å². The second-order valence-electron chi connectivity index (χ2n) is 3.28. The van der Waals surface area contributed by atoms with Crippen LogP contribution in [0.15, 0.2) is 18.2 Å². The molecule has 1 aromatic carbocycles. The summed E-state index contributed by atoms with van der Waals surface area (Å²) in [6.45, 7) is 1.73. The summed E-state index contributed by atoms with van der Waals surface area (Å²) in [5.41, 5.74) is 0.814. The van der Waals surface area contributed by atoms with E-state index in [1.165, 1.54) is 12.1 Å². The van der Waals surface area contributed by atoms with Gasteiger partial charge in [-0.05, 0) is 30.2 Å². The molecule has 0 atom stereocenters. The molecule has 0 spiro atoms. The Balaban J connectivity index is 3.04. The van der Waals surface area contributed by atoms with Crippen molar-refractivity contribution in [1.29, 1.82) is 0 Å². The summed E-state index contributed by atoms with van der Waals surface area (Å²) in [7, 11) is 0. The minimum Gasteiger partial charge on any atom is -0.406 e. The molecule has 17 heavy (non-hydrogen) atoms. The highest BCUT2D eigenvalue weighted by Gasteiger charge is 2.31. The second-order valence-corrected chi connectivity index (χ2v) is 3.54. The number of rotatable bonds is 4. The molecule has 0 aliphatic rings. The molecule has 0 bridgehead atoms. The van der Waals surface area contributed by atoms with Gasteiger partial charge in [-0.3, -0.25) is 4.79 Å². The summed E-state index contributed by atoms with van der Waals surface area (Å²) in [6.07, 6.45) is -4.31. The molecule has 0 amide bonds. The zero-order valence-corrected chi connectivity index (χ0v) is 9.73. The molecule has 2 nitrogen and oxygen atoms in total. The fourth-order valence-corrected chi connectivity index (χ4v) is 1.55. The molecular weight excluding hydrogens is 257 g/mol. The van der Waals surface area contributed by atoms with Gasteiger partial charge in [-0.1, -0.05) is 6.92 Å². The van der Waals surface area contributed by atoms with Gasteiger partial charge in [-0.25, -0.2) is 0 Å².